The van der Waals surface area contributed by atoms with Crippen LogP contribution in [0.1, 0.15) is 59.7 Å². The van der Waals surface area contributed by atoms with Gasteiger partial charge in [-0.3, -0.25) is 9.59 Å². The van der Waals surface area contributed by atoms with E-state index < -0.39 is 40.4 Å². The van der Waals surface area contributed by atoms with Crippen LogP contribution in [0, 0.1) is 5.41 Å². The normalized spacial score (nSPS) is 19.7. The fraction of sp³-hybridized carbons (Fsp3) is 0.440. The molecule has 35 heavy (non-hydrogen) atoms. The van der Waals surface area contributed by atoms with Gasteiger partial charge < -0.3 is 10.2 Å². The average molecular weight is 500 g/mol. The van der Waals surface area contributed by atoms with Crippen LogP contribution in [-0.4, -0.2) is 36.3 Å². The standard InChI is InChI=1S/C23H20F6N2O2.C2H6/c24-22(25,26)16-10-15(11-17(12-16)23(27,28)29)19(32)31-8-6-21(7-9-31)18(13-30-20(21)33)14-4-2-1-3-5-14;1-2/h1-5,10-12,18H,6-9,13H2,(H,30,33);1-2H3. The molecule has 2 aromatic rings. The number of halogens is 6. The van der Waals surface area contributed by atoms with E-state index in [1.54, 1.807) is 0 Å². The summed E-state index contributed by atoms with van der Waals surface area (Å²) in [5.74, 6) is -1.20. The molecule has 2 aliphatic heterocycles. The maximum atomic E-state index is 13.2. The summed E-state index contributed by atoms with van der Waals surface area (Å²) < 4.78 is 78.9. The van der Waals surface area contributed by atoms with Gasteiger partial charge in [0.2, 0.25) is 5.91 Å². The molecule has 2 heterocycles. The van der Waals surface area contributed by atoms with E-state index in [0.29, 0.717) is 18.7 Å². The Bertz CT molecular complexity index is 1030. The lowest BCUT2D eigenvalue weighted by Gasteiger charge is -2.41. The molecule has 4 nitrogen and oxygen atoms in total. The van der Waals surface area contributed by atoms with Gasteiger partial charge in [0, 0.05) is 31.1 Å². The first-order valence-corrected chi connectivity index (χ1v) is 11.3. The molecule has 2 saturated heterocycles. The highest BCUT2D eigenvalue weighted by Crippen LogP contribution is 2.48. The Kier molecular flexibility index (Phi) is 7.52. The third kappa shape index (κ3) is 5.31. The zero-order valence-corrected chi connectivity index (χ0v) is 19.3. The predicted octanol–water partition coefficient (Wildman–Crippen LogP) is 5.89. The Hall–Kier alpha value is -3.04. The van der Waals surface area contributed by atoms with Gasteiger partial charge in [-0.2, -0.15) is 26.3 Å². The third-order valence-electron chi connectivity index (χ3n) is 6.57. The molecule has 0 saturated carbocycles. The summed E-state index contributed by atoms with van der Waals surface area (Å²) in [5.41, 5.74) is -3.56. The number of benzene rings is 2. The maximum Gasteiger partial charge on any atom is 0.416 e. The lowest BCUT2D eigenvalue weighted by molar-refractivity contribution is -0.143. The predicted molar refractivity (Wildman–Crippen MR) is 118 cm³/mol. The van der Waals surface area contributed by atoms with Gasteiger partial charge in [-0.1, -0.05) is 44.2 Å². The molecule has 10 heteroatoms. The first-order valence-electron chi connectivity index (χ1n) is 11.3. The van der Waals surface area contributed by atoms with E-state index >= 15 is 0 Å². The SMILES string of the molecule is CC.O=C(c1cc(C(F)(F)F)cc(C(F)(F)F)c1)N1CCC2(CC1)C(=O)NCC2c1ccccc1. The monoisotopic (exact) mass is 500 g/mol. The van der Waals surface area contributed by atoms with Crippen LogP contribution in [0.15, 0.2) is 48.5 Å². The number of rotatable bonds is 2. The van der Waals surface area contributed by atoms with Crippen LogP contribution >= 0.6 is 0 Å². The number of nitrogens with one attached hydrogen (secondary N) is 1. The van der Waals surface area contributed by atoms with Crippen molar-refractivity contribution in [3.8, 4) is 0 Å². The molecule has 1 unspecified atom stereocenters. The van der Waals surface area contributed by atoms with Gasteiger partial charge in [0.05, 0.1) is 16.5 Å². The second-order valence-electron chi connectivity index (χ2n) is 8.42. The van der Waals surface area contributed by atoms with E-state index in [1.165, 1.54) is 4.90 Å². The van der Waals surface area contributed by atoms with Crippen LogP contribution in [0.5, 0.6) is 0 Å². The lowest BCUT2D eigenvalue weighted by Crippen LogP contribution is -2.48. The van der Waals surface area contributed by atoms with Crippen LogP contribution < -0.4 is 5.32 Å². The highest BCUT2D eigenvalue weighted by molar-refractivity contribution is 5.95. The Balaban J connectivity index is 0.00000167. The summed E-state index contributed by atoms with van der Waals surface area (Å²) in [5, 5.41) is 2.86. The fourth-order valence-electron chi connectivity index (χ4n) is 4.79. The van der Waals surface area contributed by atoms with Crippen molar-refractivity contribution in [1.82, 2.24) is 10.2 Å². The number of piperidine rings is 1. The number of nitrogens with zero attached hydrogens (tertiary/aromatic N) is 1. The van der Waals surface area contributed by atoms with Crippen molar-refractivity contribution >= 4 is 11.8 Å². The van der Waals surface area contributed by atoms with E-state index in [9.17, 15) is 35.9 Å². The van der Waals surface area contributed by atoms with Crippen molar-refractivity contribution in [2.45, 2.75) is 45.0 Å². The molecular weight excluding hydrogens is 474 g/mol. The molecule has 0 aliphatic carbocycles. The number of hydrogen-bond acceptors (Lipinski definition) is 2. The summed E-state index contributed by atoms with van der Waals surface area (Å²) in [6.07, 6.45) is -9.55. The molecule has 2 fully saturated rings. The molecular formula is C25H26F6N2O2. The Morgan fingerprint density at radius 2 is 1.43 bits per heavy atom. The second kappa shape index (κ2) is 9.91. The van der Waals surface area contributed by atoms with Gasteiger partial charge in [-0.25, -0.2) is 0 Å². The van der Waals surface area contributed by atoms with Crippen LogP contribution in [-0.2, 0) is 17.1 Å². The topological polar surface area (TPSA) is 49.4 Å². The smallest absolute Gasteiger partial charge is 0.355 e. The summed E-state index contributed by atoms with van der Waals surface area (Å²) in [4.78, 5) is 26.8. The molecule has 0 aromatic heterocycles. The number of amides is 2. The minimum Gasteiger partial charge on any atom is -0.355 e. The second-order valence-corrected chi connectivity index (χ2v) is 8.42. The molecule has 1 N–H and O–H groups in total. The zero-order chi connectivity index (χ0) is 26.0. The molecule has 0 radical (unpaired) electrons. The molecule has 2 aliphatic rings. The third-order valence-corrected chi connectivity index (χ3v) is 6.57. The first-order chi connectivity index (χ1) is 16.4. The Morgan fingerprint density at radius 1 is 0.914 bits per heavy atom. The highest BCUT2D eigenvalue weighted by Gasteiger charge is 2.52. The Morgan fingerprint density at radius 3 is 1.91 bits per heavy atom. The molecule has 0 bridgehead atoms. The molecule has 190 valence electrons. The fourth-order valence-corrected chi connectivity index (χ4v) is 4.79. The molecule has 4 rings (SSSR count). The largest absolute Gasteiger partial charge is 0.416 e. The summed E-state index contributed by atoms with van der Waals surface area (Å²) in [6, 6.07) is 10.3. The molecule has 2 aromatic carbocycles. The van der Waals surface area contributed by atoms with Crippen molar-refractivity contribution in [3.63, 3.8) is 0 Å². The summed E-state index contributed by atoms with van der Waals surface area (Å²) >= 11 is 0. The van der Waals surface area contributed by atoms with Crippen molar-refractivity contribution in [3.05, 3.63) is 70.8 Å². The van der Waals surface area contributed by atoms with Gasteiger partial charge in [0.25, 0.3) is 5.91 Å². The Labute approximate surface area is 199 Å². The number of hydrogen-bond donors (Lipinski definition) is 1. The van der Waals surface area contributed by atoms with Crippen molar-refractivity contribution < 1.29 is 35.9 Å². The van der Waals surface area contributed by atoms with E-state index in [2.05, 4.69) is 5.32 Å². The van der Waals surface area contributed by atoms with E-state index in [0.717, 1.165) is 5.56 Å². The van der Waals surface area contributed by atoms with Gasteiger partial charge >= 0.3 is 12.4 Å². The summed E-state index contributed by atoms with van der Waals surface area (Å²) in [7, 11) is 0. The van der Waals surface area contributed by atoms with Gasteiger partial charge in [-0.15, -0.1) is 0 Å². The number of carbonyl (C=O) groups excluding carboxylic acids is 2. The number of alkyl halides is 6. The van der Waals surface area contributed by atoms with Crippen molar-refractivity contribution in [1.29, 1.82) is 0 Å². The number of likely N-dealkylation sites (tertiary alicyclic amines) is 1. The molecule has 1 atom stereocenters. The average Bonchev–Trinajstić information content (AvgIpc) is 3.15. The van der Waals surface area contributed by atoms with Crippen LogP contribution in [0.3, 0.4) is 0 Å². The minimum absolute atomic E-state index is 0.00466. The van der Waals surface area contributed by atoms with Crippen molar-refractivity contribution in [2.75, 3.05) is 19.6 Å². The summed E-state index contributed by atoms with van der Waals surface area (Å²) in [6.45, 7) is 4.53. The van der Waals surface area contributed by atoms with Crippen molar-refractivity contribution in [2.24, 2.45) is 5.41 Å². The van der Waals surface area contributed by atoms with E-state index in [4.69, 9.17) is 0 Å². The van der Waals surface area contributed by atoms with Gasteiger partial charge in [0.15, 0.2) is 0 Å². The van der Waals surface area contributed by atoms with Crippen LogP contribution in [0.25, 0.3) is 0 Å². The van der Waals surface area contributed by atoms with Gasteiger partial charge in [0.1, 0.15) is 0 Å². The quantitative estimate of drug-likeness (QED) is 0.523. The van der Waals surface area contributed by atoms with E-state index in [1.807, 2.05) is 44.2 Å². The number of carbonyl (C=O) groups is 2. The van der Waals surface area contributed by atoms with E-state index in [-0.39, 0.29) is 43.8 Å². The zero-order valence-electron chi connectivity index (χ0n) is 19.3. The highest BCUT2D eigenvalue weighted by atomic mass is 19.4. The first kappa shape index (κ1) is 26.6. The lowest BCUT2D eigenvalue weighted by atomic mass is 9.68. The van der Waals surface area contributed by atoms with Crippen LogP contribution in [0.4, 0.5) is 26.3 Å². The van der Waals surface area contributed by atoms with Crippen LogP contribution in [0.2, 0.25) is 0 Å². The minimum atomic E-state index is -5.03. The van der Waals surface area contributed by atoms with Gasteiger partial charge in [-0.05, 0) is 36.6 Å². The maximum absolute atomic E-state index is 13.2. The molecule has 1 spiro atoms. The molecule has 2 amide bonds.